The van der Waals surface area contributed by atoms with Crippen LogP contribution in [0.1, 0.15) is 43.6 Å². The van der Waals surface area contributed by atoms with Crippen molar-refractivity contribution in [3.8, 4) is 0 Å². The van der Waals surface area contributed by atoms with Gasteiger partial charge in [-0.1, -0.05) is 35.1 Å². The van der Waals surface area contributed by atoms with Gasteiger partial charge in [0.25, 0.3) is 0 Å². The van der Waals surface area contributed by atoms with Crippen LogP contribution in [-0.4, -0.2) is 59.3 Å². The van der Waals surface area contributed by atoms with Crippen molar-refractivity contribution in [2.24, 2.45) is 5.11 Å². The highest BCUT2D eigenvalue weighted by molar-refractivity contribution is 8.14. The maximum Gasteiger partial charge on any atom is 0.338 e. The van der Waals surface area contributed by atoms with Crippen LogP contribution in [0.3, 0.4) is 0 Å². The third-order valence-electron chi connectivity index (χ3n) is 4.95. The SMILES string of the molecule is CC(=O)OC[C@@H](SC(C)=O)[C@H]1O[C@@H]2OC(C)(C)O[C@@H]2[C@H]1OC(=O)c1ccccc1CN=[N+]=[N-]. The molecule has 0 spiro atoms. The van der Waals surface area contributed by atoms with Crippen molar-refractivity contribution in [1.29, 1.82) is 0 Å². The molecule has 5 atom stereocenters. The van der Waals surface area contributed by atoms with Crippen molar-refractivity contribution in [3.05, 3.63) is 45.8 Å². The van der Waals surface area contributed by atoms with E-state index in [9.17, 15) is 14.4 Å². The standard InChI is InChI=1S/C21H25N3O8S/c1-11(25)28-10-15(33-12(2)26)16-17(18-20(30-16)32-21(3,4)31-18)29-19(27)14-8-6-5-7-13(14)9-23-24-22/h5-8,15-18,20H,9-10H2,1-4H3/t15-,16-,17+,18-,20-/m1/s1. The Balaban J connectivity index is 1.88. The van der Waals surface area contributed by atoms with Gasteiger partial charge in [0, 0.05) is 18.8 Å². The molecule has 33 heavy (non-hydrogen) atoms. The summed E-state index contributed by atoms with van der Waals surface area (Å²) in [5.74, 6) is -2.16. The number of nitrogens with zero attached hydrogens (tertiary/aromatic N) is 3. The van der Waals surface area contributed by atoms with Gasteiger partial charge in [-0.2, -0.15) is 0 Å². The first kappa shape index (κ1) is 25.0. The molecule has 1 aromatic rings. The molecule has 2 heterocycles. The van der Waals surface area contributed by atoms with Gasteiger partial charge in [-0.15, -0.1) is 0 Å². The molecular formula is C21H25N3O8S. The molecule has 2 aliphatic rings. The predicted molar refractivity (Wildman–Crippen MR) is 116 cm³/mol. The van der Waals surface area contributed by atoms with Gasteiger partial charge in [0.2, 0.25) is 0 Å². The van der Waals surface area contributed by atoms with E-state index in [1.165, 1.54) is 13.8 Å². The Hall–Kier alpha value is -2.63. The van der Waals surface area contributed by atoms with E-state index in [-0.39, 0.29) is 23.8 Å². The Kier molecular flexibility index (Phi) is 7.98. The lowest BCUT2D eigenvalue weighted by atomic mass is 10.1. The van der Waals surface area contributed by atoms with Crippen LogP contribution in [0, 0.1) is 0 Å². The minimum Gasteiger partial charge on any atom is -0.465 e. The summed E-state index contributed by atoms with van der Waals surface area (Å²) in [5.41, 5.74) is 9.34. The van der Waals surface area contributed by atoms with Crippen LogP contribution in [0.4, 0.5) is 0 Å². The first-order valence-electron chi connectivity index (χ1n) is 10.2. The van der Waals surface area contributed by atoms with Gasteiger partial charge in [0.15, 0.2) is 29.4 Å². The second-order valence-corrected chi connectivity index (χ2v) is 9.35. The van der Waals surface area contributed by atoms with Crippen molar-refractivity contribution >= 4 is 28.8 Å². The molecule has 0 unspecified atom stereocenters. The zero-order valence-electron chi connectivity index (χ0n) is 18.6. The Bertz CT molecular complexity index is 965. The van der Waals surface area contributed by atoms with Gasteiger partial charge < -0.3 is 23.7 Å². The highest BCUT2D eigenvalue weighted by Crippen LogP contribution is 2.42. The van der Waals surface area contributed by atoms with Crippen molar-refractivity contribution in [1.82, 2.24) is 0 Å². The van der Waals surface area contributed by atoms with Crippen molar-refractivity contribution < 1.29 is 38.1 Å². The molecule has 0 N–H and O–H groups in total. The topological polar surface area (TPSA) is 146 Å². The second-order valence-electron chi connectivity index (χ2n) is 7.94. The molecule has 0 aliphatic carbocycles. The summed E-state index contributed by atoms with van der Waals surface area (Å²) in [6.45, 7) is 5.89. The molecule has 2 fully saturated rings. The van der Waals surface area contributed by atoms with E-state index < -0.39 is 47.6 Å². The van der Waals surface area contributed by atoms with E-state index in [1.54, 1.807) is 38.1 Å². The number of fused-ring (bicyclic) bond motifs is 1. The third kappa shape index (κ3) is 6.24. The highest BCUT2D eigenvalue weighted by Gasteiger charge is 2.58. The fourth-order valence-corrected chi connectivity index (χ4v) is 4.61. The molecule has 0 radical (unpaired) electrons. The summed E-state index contributed by atoms with van der Waals surface area (Å²) in [7, 11) is 0. The first-order chi connectivity index (χ1) is 15.6. The molecule has 2 saturated heterocycles. The van der Waals surface area contributed by atoms with Crippen LogP contribution in [0.15, 0.2) is 29.4 Å². The number of carbonyl (C=O) groups is 3. The average molecular weight is 480 g/mol. The number of rotatable bonds is 8. The lowest BCUT2D eigenvalue weighted by Crippen LogP contribution is -2.44. The summed E-state index contributed by atoms with van der Waals surface area (Å²) < 4.78 is 28.7. The van der Waals surface area contributed by atoms with E-state index in [1.807, 2.05) is 0 Å². The number of benzene rings is 1. The number of thioether (sulfide) groups is 1. The van der Waals surface area contributed by atoms with E-state index in [0.717, 1.165) is 11.8 Å². The Labute approximate surface area is 194 Å². The van der Waals surface area contributed by atoms with Gasteiger partial charge in [-0.25, -0.2) is 4.79 Å². The summed E-state index contributed by atoms with van der Waals surface area (Å²) in [5, 5.41) is 2.63. The monoisotopic (exact) mass is 479 g/mol. The average Bonchev–Trinajstić information content (AvgIpc) is 3.21. The van der Waals surface area contributed by atoms with Crippen molar-refractivity contribution in [2.45, 2.75) is 69.9 Å². The molecule has 3 rings (SSSR count). The molecule has 0 bridgehead atoms. The van der Waals surface area contributed by atoms with E-state index >= 15 is 0 Å². The predicted octanol–water partition coefficient (Wildman–Crippen LogP) is 3.11. The molecule has 0 saturated carbocycles. The maximum atomic E-state index is 13.1. The van der Waals surface area contributed by atoms with Gasteiger partial charge in [0.05, 0.1) is 17.4 Å². The van der Waals surface area contributed by atoms with Crippen LogP contribution in [0.5, 0.6) is 0 Å². The number of ether oxygens (including phenoxy) is 5. The zero-order valence-corrected chi connectivity index (χ0v) is 19.4. The van der Waals surface area contributed by atoms with Gasteiger partial charge in [0.1, 0.15) is 12.7 Å². The minimum atomic E-state index is -0.969. The summed E-state index contributed by atoms with van der Waals surface area (Å²) in [4.78, 5) is 39.1. The number of hydrogen-bond donors (Lipinski definition) is 0. The highest BCUT2D eigenvalue weighted by atomic mass is 32.2. The fourth-order valence-electron chi connectivity index (χ4n) is 3.70. The Morgan fingerprint density at radius 1 is 1.24 bits per heavy atom. The smallest absolute Gasteiger partial charge is 0.338 e. The molecule has 0 amide bonds. The zero-order chi connectivity index (χ0) is 24.2. The first-order valence-corrected chi connectivity index (χ1v) is 11.1. The molecular weight excluding hydrogens is 454 g/mol. The molecule has 2 aliphatic heterocycles. The molecule has 0 aromatic heterocycles. The third-order valence-corrected chi connectivity index (χ3v) is 5.99. The van der Waals surface area contributed by atoms with Crippen LogP contribution in [0.2, 0.25) is 0 Å². The van der Waals surface area contributed by atoms with E-state index in [0.29, 0.717) is 5.56 Å². The largest absolute Gasteiger partial charge is 0.465 e. The normalized spacial score (nSPS) is 26.1. The Morgan fingerprint density at radius 2 is 1.97 bits per heavy atom. The lowest BCUT2D eigenvalue weighted by molar-refractivity contribution is -0.215. The molecule has 178 valence electrons. The summed E-state index contributed by atoms with van der Waals surface area (Å²) >= 11 is 0.920. The number of esters is 2. The quantitative estimate of drug-likeness (QED) is 0.237. The molecule has 1 aromatic carbocycles. The second kappa shape index (κ2) is 10.5. The van der Waals surface area contributed by atoms with E-state index in [4.69, 9.17) is 29.2 Å². The number of carbonyl (C=O) groups excluding carboxylic acids is 3. The van der Waals surface area contributed by atoms with Crippen LogP contribution >= 0.6 is 11.8 Å². The Morgan fingerprint density at radius 3 is 2.64 bits per heavy atom. The number of hydrogen-bond acceptors (Lipinski definition) is 10. The van der Waals surface area contributed by atoms with Gasteiger partial charge >= 0.3 is 11.9 Å². The number of azide groups is 1. The minimum absolute atomic E-state index is 0.0275. The van der Waals surface area contributed by atoms with Gasteiger partial charge in [-0.05, 0) is 31.0 Å². The lowest BCUT2D eigenvalue weighted by Gasteiger charge is -2.29. The van der Waals surface area contributed by atoms with Crippen molar-refractivity contribution in [3.63, 3.8) is 0 Å². The van der Waals surface area contributed by atoms with E-state index in [2.05, 4.69) is 10.0 Å². The fraction of sp³-hybridized carbons (Fsp3) is 0.571. The van der Waals surface area contributed by atoms with Crippen molar-refractivity contribution in [2.75, 3.05) is 6.61 Å². The van der Waals surface area contributed by atoms with Crippen LogP contribution in [-0.2, 0) is 39.8 Å². The molecule has 11 nitrogen and oxygen atoms in total. The van der Waals surface area contributed by atoms with Crippen LogP contribution in [0.25, 0.3) is 10.4 Å². The summed E-state index contributed by atoms with van der Waals surface area (Å²) in [6.07, 6.45) is -3.40. The summed E-state index contributed by atoms with van der Waals surface area (Å²) in [6, 6.07) is 6.59. The maximum absolute atomic E-state index is 13.1. The van der Waals surface area contributed by atoms with Gasteiger partial charge in [-0.3, -0.25) is 9.59 Å². The molecule has 12 heteroatoms. The van der Waals surface area contributed by atoms with Crippen LogP contribution < -0.4 is 0 Å².